The van der Waals surface area contributed by atoms with Crippen molar-refractivity contribution in [3.05, 3.63) is 23.0 Å². The van der Waals surface area contributed by atoms with Crippen molar-refractivity contribution in [3.63, 3.8) is 0 Å². The Morgan fingerprint density at radius 3 is 2.77 bits per heavy atom. The Morgan fingerprint density at radius 2 is 2.09 bits per heavy atom. The first-order valence-corrected chi connectivity index (χ1v) is 7.34. The molecule has 2 heterocycles. The summed E-state index contributed by atoms with van der Waals surface area (Å²) in [6.45, 7) is 2.52. The van der Waals surface area contributed by atoms with E-state index in [-0.39, 0.29) is 17.3 Å². The molecule has 3 rings (SSSR count). The van der Waals surface area contributed by atoms with E-state index in [1.165, 1.54) is 6.07 Å². The Bertz CT molecular complexity index is 752. The molecule has 2 aromatic rings. The van der Waals surface area contributed by atoms with Crippen LogP contribution in [0, 0.1) is 0 Å². The Hall–Kier alpha value is -2.57. The lowest BCUT2D eigenvalue weighted by Crippen LogP contribution is -2.20. The second-order valence-corrected chi connectivity index (χ2v) is 5.42. The van der Waals surface area contributed by atoms with Crippen LogP contribution in [0.5, 0.6) is 11.5 Å². The predicted molar refractivity (Wildman–Crippen MR) is 79.6 cm³/mol. The van der Waals surface area contributed by atoms with Crippen LogP contribution >= 0.6 is 0 Å². The Labute approximate surface area is 127 Å². The van der Waals surface area contributed by atoms with Crippen molar-refractivity contribution in [1.82, 2.24) is 14.8 Å². The number of carbonyl (C=O) groups is 1. The van der Waals surface area contributed by atoms with Gasteiger partial charge in [-0.25, -0.2) is 0 Å². The van der Waals surface area contributed by atoms with Gasteiger partial charge >= 0.3 is 0 Å². The third kappa shape index (κ3) is 2.09. The Balaban J connectivity index is 2.33. The van der Waals surface area contributed by atoms with Gasteiger partial charge < -0.3 is 20.5 Å². The molecule has 1 aromatic heterocycles. The van der Waals surface area contributed by atoms with Gasteiger partial charge in [-0.1, -0.05) is 6.92 Å². The largest absolute Gasteiger partial charge is 0.508 e. The van der Waals surface area contributed by atoms with Gasteiger partial charge in [0.15, 0.2) is 5.82 Å². The number of hydrogen-bond donors (Lipinski definition) is 3. The smallest absolute Gasteiger partial charge is 0.286 e. The number of benzene rings is 1. The lowest BCUT2D eigenvalue weighted by atomic mass is 9.91. The van der Waals surface area contributed by atoms with Crippen molar-refractivity contribution in [2.24, 2.45) is 5.73 Å². The first-order chi connectivity index (χ1) is 10.5. The van der Waals surface area contributed by atoms with Gasteiger partial charge in [0.2, 0.25) is 5.82 Å². The minimum atomic E-state index is -0.644. The molecule has 22 heavy (non-hydrogen) atoms. The molecule has 1 amide bonds. The van der Waals surface area contributed by atoms with Crippen LogP contribution in [0.1, 0.15) is 41.5 Å². The van der Waals surface area contributed by atoms with E-state index in [4.69, 9.17) is 5.73 Å². The molecule has 116 valence electrons. The maximum Gasteiger partial charge on any atom is 0.286 e. The van der Waals surface area contributed by atoms with E-state index < -0.39 is 5.91 Å². The SMILES string of the molecule is CCc1c(O)cc(O)c2c1CCCCn1c(C(N)=O)nnc1-2. The van der Waals surface area contributed by atoms with Crippen molar-refractivity contribution in [2.75, 3.05) is 0 Å². The van der Waals surface area contributed by atoms with Gasteiger partial charge in [0.05, 0.1) is 5.56 Å². The summed E-state index contributed by atoms with van der Waals surface area (Å²) in [6, 6.07) is 1.32. The highest BCUT2D eigenvalue weighted by atomic mass is 16.3. The van der Waals surface area contributed by atoms with E-state index in [1.807, 2.05) is 6.92 Å². The van der Waals surface area contributed by atoms with Crippen molar-refractivity contribution < 1.29 is 15.0 Å². The standard InChI is InChI=1S/C15H18N4O3/c1-2-8-9-5-3-4-6-19-14(17-18-15(19)13(16)22)12(9)11(21)7-10(8)20/h7,20-21H,2-6H2,1H3,(H2,16,22). The first kappa shape index (κ1) is 14.4. The third-order valence-electron chi connectivity index (χ3n) is 4.11. The summed E-state index contributed by atoms with van der Waals surface area (Å²) in [5.41, 5.74) is 7.54. The molecule has 7 nitrogen and oxygen atoms in total. The van der Waals surface area contributed by atoms with E-state index in [9.17, 15) is 15.0 Å². The average Bonchev–Trinajstić information content (AvgIpc) is 2.83. The van der Waals surface area contributed by atoms with Crippen LogP contribution in [-0.4, -0.2) is 30.9 Å². The van der Waals surface area contributed by atoms with Crippen LogP contribution in [0.15, 0.2) is 6.07 Å². The summed E-state index contributed by atoms with van der Waals surface area (Å²) in [5, 5.41) is 28.3. The predicted octanol–water partition coefficient (Wildman–Crippen LogP) is 1.35. The van der Waals surface area contributed by atoms with Crippen LogP contribution in [0.3, 0.4) is 0 Å². The average molecular weight is 302 g/mol. The third-order valence-corrected chi connectivity index (χ3v) is 4.11. The Kier molecular flexibility index (Phi) is 3.48. The normalized spacial score (nSPS) is 13.9. The second-order valence-electron chi connectivity index (χ2n) is 5.42. The monoisotopic (exact) mass is 302 g/mol. The number of carbonyl (C=O) groups excluding carboxylic acids is 1. The van der Waals surface area contributed by atoms with Crippen LogP contribution < -0.4 is 5.73 Å². The quantitative estimate of drug-likeness (QED) is 0.774. The zero-order valence-corrected chi connectivity index (χ0v) is 12.3. The molecule has 1 aliphatic heterocycles. The molecule has 0 bridgehead atoms. The molecule has 1 aromatic carbocycles. The van der Waals surface area contributed by atoms with E-state index in [0.717, 1.165) is 30.4 Å². The van der Waals surface area contributed by atoms with Crippen molar-refractivity contribution in [2.45, 2.75) is 39.2 Å². The second kappa shape index (κ2) is 5.32. The maximum atomic E-state index is 11.5. The molecule has 0 atom stereocenters. The number of nitrogens with two attached hydrogens (primary N) is 1. The minimum absolute atomic E-state index is 0.0590. The van der Waals surface area contributed by atoms with Crippen LogP contribution in [0.2, 0.25) is 0 Å². The number of aromatic nitrogens is 3. The summed E-state index contributed by atoms with van der Waals surface area (Å²) in [5.74, 6) is -0.101. The van der Waals surface area contributed by atoms with Crippen molar-refractivity contribution in [3.8, 4) is 22.9 Å². The zero-order valence-electron chi connectivity index (χ0n) is 12.3. The molecule has 1 aliphatic rings. The Morgan fingerprint density at radius 1 is 1.32 bits per heavy atom. The number of phenols is 2. The number of phenolic OH excluding ortho intramolecular Hbond substituents is 2. The summed E-state index contributed by atoms with van der Waals surface area (Å²) in [6.07, 6.45) is 3.09. The highest BCUT2D eigenvalue weighted by Crippen LogP contribution is 2.40. The molecular weight excluding hydrogens is 284 g/mol. The molecule has 4 N–H and O–H groups in total. The maximum absolute atomic E-state index is 11.5. The minimum Gasteiger partial charge on any atom is -0.508 e. The van der Waals surface area contributed by atoms with Crippen LogP contribution in [-0.2, 0) is 19.4 Å². The number of primary amides is 1. The van der Waals surface area contributed by atoms with Gasteiger partial charge in [-0.05, 0) is 36.8 Å². The van der Waals surface area contributed by atoms with E-state index in [1.54, 1.807) is 4.57 Å². The molecule has 0 saturated heterocycles. The van der Waals surface area contributed by atoms with E-state index >= 15 is 0 Å². The summed E-state index contributed by atoms with van der Waals surface area (Å²) >= 11 is 0. The number of amides is 1. The topological polar surface area (TPSA) is 114 Å². The fourth-order valence-electron chi connectivity index (χ4n) is 3.12. The highest BCUT2D eigenvalue weighted by Gasteiger charge is 2.26. The molecule has 0 saturated carbocycles. The van der Waals surface area contributed by atoms with E-state index in [2.05, 4.69) is 10.2 Å². The molecule has 7 heteroatoms. The molecular formula is C15H18N4O3. The van der Waals surface area contributed by atoms with Crippen molar-refractivity contribution in [1.29, 1.82) is 0 Å². The van der Waals surface area contributed by atoms with Gasteiger partial charge in [-0.3, -0.25) is 4.79 Å². The number of fused-ring (bicyclic) bond motifs is 3. The van der Waals surface area contributed by atoms with Gasteiger partial charge in [0.1, 0.15) is 11.5 Å². The van der Waals surface area contributed by atoms with Gasteiger partial charge in [0.25, 0.3) is 5.91 Å². The summed E-state index contributed by atoms with van der Waals surface area (Å²) in [7, 11) is 0. The number of aromatic hydroxyl groups is 2. The van der Waals surface area contributed by atoms with Crippen molar-refractivity contribution >= 4 is 5.91 Å². The van der Waals surface area contributed by atoms with Gasteiger partial charge in [-0.15, -0.1) is 10.2 Å². The fraction of sp³-hybridized carbons (Fsp3) is 0.400. The van der Waals surface area contributed by atoms with E-state index in [0.29, 0.717) is 24.4 Å². The molecule has 0 radical (unpaired) electrons. The summed E-state index contributed by atoms with van der Waals surface area (Å²) < 4.78 is 1.65. The highest BCUT2D eigenvalue weighted by molar-refractivity contribution is 5.90. The summed E-state index contributed by atoms with van der Waals surface area (Å²) in [4.78, 5) is 11.5. The number of nitrogens with zero attached hydrogens (tertiary/aromatic N) is 3. The first-order valence-electron chi connectivity index (χ1n) is 7.34. The van der Waals surface area contributed by atoms with Gasteiger partial charge in [-0.2, -0.15) is 0 Å². The van der Waals surface area contributed by atoms with Gasteiger partial charge in [0, 0.05) is 12.6 Å². The lowest BCUT2D eigenvalue weighted by Gasteiger charge is -2.20. The zero-order chi connectivity index (χ0) is 15.9. The number of rotatable bonds is 2. The number of hydrogen-bond acceptors (Lipinski definition) is 5. The fourth-order valence-corrected chi connectivity index (χ4v) is 3.12. The molecule has 0 spiro atoms. The van der Waals surface area contributed by atoms with Crippen LogP contribution in [0.25, 0.3) is 11.4 Å². The lowest BCUT2D eigenvalue weighted by molar-refractivity contribution is 0.0985. The molecule has 0 aliphatic carbocycles. The molecule has 0 unspecified atom stereocenters. The molecule has 0 fully saturated rings. The van der Waals surface area contributed by atoms with Crippen LogP contribution in [0.4, 0.5) is 0 Å².